The van der Waals surface area contributed by atoms with Crippen LogP contribution in [0.4, 0.5) is 0 Å². The normalized spacial score (nSPS) is 50.3. The minimum Gasteiger partial charge on any atom is -0.498 e. The van der Waals surface area contributed by atoms with Crippen molar-refractivity contribution in [3.8, 4) is 0 Å². The van der Waals surface area contributed by atoms with Gasteiger partial charge in [-0.3, -0.25) is 9.69 Å². The molecule has 0 radical (unpaired) electrons. The first-order valence-corrected chi connectivity index (χ1v) is 8.29. The van der Waals surface area contributed by atoms with Gasteiger partial charge in [0.1, 0.15) is 23.6 Å². The van der Waals surface area contributed by atoms with E-state index < -0.39 is 11.7 Å². The summed E-state index contributed by atoms with van der Waals surface area (Å²) >= 11 is 0. The number of ether oxygens (including phenoxy) is 2. The lowest BCUT2D eigenvalue weighted by Gasteiger charge is -2.54. The van der Waals surface area contributed by atoms with Gasteiger partial charge >= 0.3 is 0 Å². The van der Waals surface area contributed by atoms with Gasteiger partial charge in [-0.25, -0.2) is 0 Å². The lowest BCUT2D eigenvalue weighted by Crippen LogP contribution is -2.64. The van der Waals surface area contributed by atoms with Crippen LogP contribution < -0.4 is 0 Å². The second-order valence-corrected chi connectivity index (χ2v) is 7.49. The Balaban J connectivity index is 1.80. The highest BCUT2D eigenvalue weighted by Crippen LogP contribution is 2.66. The summed E-state index contributed by atoms with van der Waals surface area (Å²) in [7, 11) is 3.71. The van der Waals surface area contributed by atoms with Crippen molar-refractivity contribution < 1.29 is 19.4 Å². The molecule has 3 saturated heterocycles. The van der Waals surface area contributed by atoms with Gasteiger partial charge in [0.05, 0.1) is 7.11 Å². The largest absolute Gasteiger partial charge is 0.498 e. The summed E-state index contributed by atoms with van der Waals surface area (Å²) in [6, 6.07) is -0.0129. The molecule has 3 aliphatic heterocycles. The van der Waals surface area contributed by atoms with Crippen LogP contribution in [0.1, 0.15) is 12.8 Å². The van der Waals surface area contributed by atoms with Crippen molar-refractivity contribution in [2.45, 2.75) is 36.7 Å². The molecular weight excluding hydrogens is 294 g/mol. The maximum atomic E-state index is 12.5. The Hall–Kier alpha value is -1.43. The molecule has 0 aromatic carbocycles. The van der Waals surface area contributed by atoms with Gasteiger partial charge in [-0.05, 0) is 44.7 Å². The van der Waals surface area contributed by atoms with E-state index in [1.165, 1.54) is 11.6 Å². The number of methoxy groups -OCH3 is 1. The van der Waals surface area contributed by atoms with Crippen molar-refractivity contribution in [1.82, 2.24) is 4.90 Å². The van der Waals surface area contributed by atoms with E-state index in [1.54, 1.807) is 13.2 Å². The number of nitrogens with zero attached hydrogens (tertiary/aromatic N) is 1. The molecule has 0 aromatic heterocycles. The highest BCUT2D eigenvalue weighted by molar-refractivity contribution is 5.96. The number of aliphatic hydroxyl groups is 1. The van der Waals surface area contributed by atoms with E-state index in [0.717, 1.165) is 25.1 Å². The Kier molecular flexibility index (Phi) is 2.52. The number of hydrogen-bond donors (Lipinski definition) is 1. The Morgan fingerprint density at radius 1 is 1.43 bits per heavy atom. The van der Waals surface area contributed by atoms with Gasteiger partial charge in [0.25, 0.3) is 0 Å². The molecule has 6 atom stereocenters. The molecule has 0 amide bonds. The molecule has 0 aromatic rings. The van der Waals surface area contributed by atoms with Gasteiger partial charge in [-0.1, -0.05) is 11.6 Å². The number of ketones is 1. The number of carbonyl (C=O) groups is 1. The van der Waals surface area contributed by atoms with E-state index >= 15 is 0 Å². The Morgan fingerprint density at radius 2 is 2.26 bits per heavy atom. The maximum Gasteiger partial charge on any atom is 0.184 e. The van der Waals surface area contributed by atoms with Crippen molar-refractivity contribution in [1.29, 1.82) is 0 Å². The van der Waals surface area contributed by atoms with Crippen LogP contribution in [0.2, 0.25) is 0 Å². The summed E-state index contributed by atoms with van der Waals surface area (Å²) < 4.78 is 11.8. The van der Waals surface area contributed by atoms with Crippen LogP contribution in [0, 0.1) is 11.3 Å². The Bertz CT molecular complexity index is 695. The fourth-order valence-electron chi connectivity index (χ4n) is 5.79. The third-order valence-electron chi connectivity index (χ3n) is 6.80. The Labute approximate surface area is 135 Å². The van der Waals surface area contributed by atoms with Crippen LogP contribution in [-0.2, 0) is 14.3 Å². The number of allylic oxidation sites excluding steroid dienone is 2. The molecule has 122 valence electrons. The van der Waals surface area contributed by atoms with Crippen LogP contribution in [0.5, 0.6) is 0 Å². The second kappa shape index (κ2) is 4.15. The van der Waals surface area contributed by atoms with E-state index in [0.29, 0.717) is 0 Å². The van der Waals surface area contributed by atoms with Crippen LogP contribution >= 0.6 is 0 Å². The standard InChI is InChI=1S/C18H21NO4/c1-19-8-7-17-10-3-4-12(22-2)16(17)23-14-11(20)5-6-18(21,15(14)17)13(19)9-10/h3-6,13-16,21H,7-9H2,1-2H3/t13-,14+,15?,16?,17-,18-/m1/s1. The van der Waals surface area contributed by atoms with Crippen molar-refractivity contribution in [3.63, 3.8) is 0 Å². The van der Waals surface area contributed by atoms with E-state index in [-0.39, 0.29) is 29.3 Å². The summed E-state index contributed by atoms with van der Waals surface area (Å²) in [5.41, 5.74) is -0.0502. The van der Waals surface area contributed by atoms with E-state index in [1.807, 2.05) is 6.08 Å². The van der Waals surface area contributed by atoms with Crippen molar-refractivity contribution in [2.75, 3.05) is 20.7 Å². The molecule has 5 nitrogen and oxygen atoms in total. The number of fused-ring (bicyclic) bond motifs is 2. The number of rotatable bonds is 1. The summed E-state index contributed by atoms with van der Waals surface area (Å²) in [5.74, 6) is 0.501. The first kappa shape index (κ1) is 14.0. The zero-order valence-electron chi connectivity index (χ0n) is 13.4. The topological polar surface area (TPSA) is 59.0 Å². The van der Waals surface area contributed by atoms with Gasteiger partial charge < -0.3 is 14.6 Å². The highest BCUT2D eigenvalue weighted by atomic mass is 16.5. The molecule has 4 fully saturated rings. The van der Waals surface area contributed by atoms with Gasteiger partial charge in [-0.2, -0.15) is 0 Å². The third kappa shape index (κ3) is 1.38. The van der Waals surface area contributed by atoms with E-state index in [9.17, 15) is 9.90 Å². The minimum absolute atomic E-state index is 0.0129. The maximum absolute atomic E-state index is 12.5. The van der Waals surface area contributed by atoms with E-state index in [4.69, 9.17) is 9.47 Å². The van der Waals surface area contributed by atoms with Gasteiger partial charge in [0, 0.05) is 17.4 Å². The lowest BCUT2D eigenvalue weighted by atomic mass is 9.51. The van der Waals surface area contributed by atoms with Crippen LogP contribution in [0.25, 0.3) is 0 Å². The quantitative estimate of drug-likeness (QED) is 0.776. The summed E-state index contributed by atoms with van der Waals surface area (Å²) in [6.45, 7) is 0.881. The molecule has 1 saturated carbocycles. The predicted octanol–water partition coefficient (Wildman–Crippen LogP) is 0.804. The molecule has 3 aliphatic carbocycles. The van der Waals surface area contributed by atoms with Gasteiger partial charge in [0.15, 0.2) is 5.78 Å². The molecule has 3 heterocycles. The predicted molar refractivity (Wildman–Crippen MR) is 82.5 cm³/mol. The molecule has 1 spiro atoms. The number of likely N-dealkylation sites (N-methyl/N-ethyl adjacent to an activating group) is 1. The molecule has 5 heteroatoms. The zero-order valence-corrected chi connectivity index (χ0v) is 13.4. The van der Waals surface area contributed by atoms with Crippen LogP contribution in [0.15, 0.2) is 35.6 Å². The lowest BCUT2D eigenvalue weighted by molar-refractivity contribution is -0.137. The Morgan fingerprint density at radius 3 is 3.04 bits per heavy atom. The SMILES string of the molecule is COC1=CC=C2C[C@H]3N(C)CC[C@@]24C1O[C@H]1C(=O)C=C[C@]3(O)C14. The smallest absolute Gasteiger partial charge is 0.184 e. The number of hydrogen-bond acceptors (Lipinski definition) is 5. The molecule has 23 heavy (non-hydrogen) atoms. The fraction of sp³-hybridized carbons (Fsp3) is 0.611. The average Bonchev–Trinajstić information content (AvgIpc) is 2.79. The van der Waals surface area contributed by atoms with Crippen molar-refractivity contribution >= 4 is 5.78 Å². The molecular formula is C18H21NO4. The summed E-state index contributed by atoms with van der Waals surface area (Å²) in [4.78, 5) is 14.7. The minimum atomic E-state index is -1.02. The molecule has 6 rings (SSSR count). The van der Waals surface area contributed by atoms with Gasteiger partial charge in [-0.15, -0.1) is 0 Å². The highest BCUT2D eigenvalue weighted by Gasteiger charge is 2.73. The van der Waals surface area contributed by atoms with E-state index in [2.05, 4.69) is 18.0 Å². The monoisotopic (exact) mass is 315 g/mol. The third-order valence-corrected chi connectivity index (χ3v) is 6.80. The second-order valence-electron chi connectivity index (χ2n) is 7.49. The molecule has 2 unspecified atom stereocenters. The first-order chi connectivity index (χ1) is 11.0. The average molecular weight is 315 g/mol. The van der Waals surface area contributed by atoms with Crippen LogP contribution in [0.3, 0.4) is 0 Å². The molecule has 1 N–H and O–H groups in total. The van der Waals surface area contributed by atoms with Crippen molar-refractivity contribution in [3.05, 3.63) is 35.6 Å². The fourth-order valence-corrected chi connectivity index (χ4v) is 5.79. The molecule has 2 bridgehead atoms. The van der Waals surface area contributed by atoms with Crippen molar-refractivity contribution in [2.24, 2.45) is 11.3 Å². The molecule has 6 aliphatic rings. The summed E-state index contributed by atoms with van der Waals surface area (Å²) in [5, 5.41) is 11.6. The zero-order chi connectivity index (χ0) is 16.0. The van der Waals surface area contributed by atoms with Gasteiger partial charge in [0.2, 0.25) is 0 Å². The summed E-state index contributed by atoms with van der Waals surface area (Å²) in [6.07, 6.45) is 8.19. The first-order valence-electron chi connectivity index (χ1n) is 8.29. The van der Waals surface area contributed by atoms with Crippen LogP contribution in [-0.4, -0.2) is 60.3 Å². The number of carbonyl (C=O) groups excluding carboxylic acids is 1.